The molecule has 3 aliphatic heterocycles. The van der Waals surface area contributed by atoms with Gasteiger partial charge in [0.1, 0.15) is 67.1 Å². The minimum atomic E-state index is -1.84. The molecule has 3 heterocycles. The van der Waals surface area contributed by atoms with Crippen LogP contribution in [0.5, 0.6) is 0 Å². The van der Waals surface area contributed by atoms with Crippen LogP contribution in [0.1, 0.15) is 0 Å². The summed E-state index contributed by atoms with van der Waals surface area (Å²) in [6, 6.07) is 0. The van der Waals surface area contributed by atoms with E-state index in [-0.39, 0.29) is 0 Å². The standard InChI is InChI=1S/C17H30O15/c18-1-4-7(21)8(22)10(24)16(29-4)31-13-6(3-20)30-17(11(25)9(13)23)32-14-5(2-19)28-15(27)12(14)26/h4-27H,1-3H2/t4-,5-,6-,7+,8+,9-,10-,11-,12+,13+,14-,15-,16+,17+/m1/s1. The molecule has 3 fully saturated rings. The summed E-state index contributed by atoms with van der Waals surface area (Å²) in [6.45, 7) is -2.14. The van der Waals surface area contributed by atoms with E-state index in [1.807, 2.05) is 0 Å². The molecular weight excluding hydrogens is 444 g/mol. The quantitative estimate of drug-likeness (QED) is 0.165. The minimum Gasteiger partial charge on any atom is -0.394 e. The Morgan fingerprint density at radius 1 is 0.469 bits per heavy atom. The Morgan fingerprint density at radius 3 is 1.44 bits per heavy atom. The maximum atomic E-state index is 10.5. The molecule has 3 saturated heterocycles. The van der Waals surface area contributed by atoms with Crippen molar-refractivity contribution in [3.63, 3.8) is 0 Å². The molecule has 32 heavy (non-hydrogen) atoms. The summed E-state index contributed by atoms with van der Waals surface area (Å²) in [5.74, 6) is 0. The van der Waals surface area contributed by atoms with E-state index < -0.39 is 106 Å². The van der Waals surface area contributed by atoms with Gasteiger partial charge in [0.2, 0.25) is 0 Å². The van der Waals surface area contributed by atoms with Crippen LogP contribution in [0.3, 0.4) is 0 Å². The fourth-order valence-corrected chi connectivity index (χ4v) is 3.86. The van der Waals surface area contributed by atoms with Gasteiger partial charge in [0.25, 0.3) is 0 Å². The third kappa shape index (κ3) is 4.92. The lowest BCUT2D eigenvalue weighted by Crippen LogP contribution is -2.65. The first-order chi connectivity index (χ1) is 15.1. The molecule has 10 N–H and O–H groups in total. The number of ether oxygens (including phenoxy) is 5. The second kappa shape index (κ2) is 10.8. The Kier molecular flexibility index (Phi) is 8.75. The van der Waals surface area contributed by atoms with Crippen LogP contribution < -0.4 is 0 Å². The van der Waals surface area contributed by atoms with Crippen LogP contribution in [-0.2, 0) is 23.7 Å². The Morgan fingerprint density at radius 2 is 0.906 bits per heavy atom. The molecule has 14 atom stereocenters. The minimum absolute atomic E-state index is 0.642. The van der Waals surface area contributed by atoms with Crippen molar-refractivity contribution in [2.24, 2.45) is 0 Å². The predicted octanol–water partition coefficient (Wildman–Crippen LogP) is -6.93. The topological polar surface area (TPSA) is 248 Å². The molecule has 0 aromatic carbocycles. The molecular formula is C17H30O15. The molecule has 0 spiro atoms. The SMILES string of the molecule is OC[C@H]1O[C@@H](O[C@@H]2[C@H](O)[C@@H](O)[C@H](O[C@H]3[C@H](O)[C@H](O)O[C@@H]3CO)O[C@@H]2CO)[C@H](O)[C@@H](O)[C@H]1O. The summed E-state index contributed by atoms with van der Waals surface area (Å²) >= 11 is 0. The first kappa shape index (κ1) is 26.0. The molecule has 3 aliphatic rings. The lowest BCUT2D eigenvalue weighted by molar-refractivity contribution is -0.365. The summed E-state index contributed by atoms with van der Waals surface area (Å²) in [6.07, 6.45) is -22.1. The molecule has 0 aliphatic carbocycles. The van der Waals surface area contributed by atoms with Gasteiger partial charge in [-0.15, -0.1) is 0 Å². The maximum Gasteiger partial charge on any atom is 0.187 e. The fraction of sp³-hybridized carbons (Fsp3) is 1.00. The van der Waals surface area contributed by atoms with Gasteiger partial charge >= 0.3 is 0 Å². The summed E-state index contributed by atoms with van der Waals surface area (Å²) in [4.78, 5) is 0. The van der Waals surface area contributed by atoms with Crippen LogP contribution in [0.2, 0.25) is 0 Å². The zero-order chi connectivity index (χ0) is 23.7. The first-order valence-corrected chi connectivity index (χ1v) is 10.0. The predicted molar refractivity (Wildman–Crippen MR) is 95.2 cm³/mol. The van der Waals surface area contributed by atoms with Crippen molar-refractivity contribution >= 4 is 0 Å². The van der Waals surface area contributed by atoms with Crippen molar-refractivity contribution in [2.45, 2.75) is 86.0 Å². The van der Waals surface area contributed by atoms with Crippen molar-refractivity contribution < 1.29 is 74.7 Å². The van der Waals surface area contributed by atoms with Gasteiger partial charge in [0, 0.05) is 0 Å². The lowest BCUT2D eigenvalue weighted by atomic mass is 9.97. The normalized spacial score (nSPS) is 52.3. The monoisotopic (exact) mass is 474 g/mol. The molecule has 3 rings (SSSR count). The number of hydrogen-bond acceptors (Lipinski definition) is 15. The summed E-state index contributed by atoms with van der Waals surface area (Å²) in [7, 11) is 0. The number of aliphatic hydroxyl groups excluding tert-OH is 10. The van der Waals surface area contributed by atoms with Gasteiger partial charge in [-0.05, 0) is 0 Å². The molecule has 188 valence electrons. The van der Waals surface area contributed by atoms with Crippen LogP contribution in [0.4, 0.5) is 0 Å². The molecule has 0 saturated carbocycles. The van der Waals surface area contributed by atoms with E-state index in [0.717, 1.165) is 0 Å². The van der Waals surface area contributed by atoms with Crippen molar-refractivity contribution in [3.8, 4) is 0 Å². The fourth-order valence-electron chi connectivity index (χ4n) is 3.86. The van der Waals surface area contributed by atoms with Gasteiger partial charge in [-0.2, -0.15) is 0 Å². The number of rotatable bonds is 7. The van der Waals surface area contributed by atoms with Crippen LogP contribution in [-0.4, -0.2) is 157 Å². The molecule has 0 radical (unpaired) electrons. The first-order valence-electron chi connectivity index (χ1n) is 10.0. The third-order valence-corrected chi connectivity index (χ3v) is 5.74. The van der Waals surface area contributed by atoms with E-state index in [1.165, 1.54) is 0 Å². The second-order valence-electron chi connectivity index (χ2n) is 7.84. The Hall–Kier alpha value is -0.600. The highest BCUT2D eigenvalue weighted by Gasteiger charge is 2.53. The molecule has 0 aromatic rings. The Bertz CT molecular complexity index is 592. The Balaban J connectivity index is 1.70. The summed E-state index contributed by atoms with van der Waals surface area (Å²) < 4.78 is 26.3. The number of aliphatic hydroxyl groups is 10. The van der Waals surface area contributed by atoms with Crippen LogP contribution >= 0.6 is 0 Å². The van der Waals surface area contributed by atoms with E-state index in [9.17, 15) is 51.1 Å². The zero-order valence-corrected chi connectivity index (χ0v) is 16.7. The molecule has 15 heteroatoms. The van der Waals surface area contributed by atoms with E-state index in [0.29, 0.717) is 0 Å². The van der Waals surface area contributed by atoms with Gasteiger partial charge in [-0.3, -0.25) is 0 Å². The van der Waals surface area contributed by atoms with Crippen molar-refractivity contribution in [3.05, 3.63) is 0 Å². The molecule has 0 unspecified atom stereocenters. The van der Waals surface area contributed by atoms with Gasteiger partial charge in [-0.1, -0.05) is 0 Å². The molecule has 0 bridgehead atoms. The highest BCUT2D eigenvalue weighted by atomic mass is 16.8. The highest BCUT2D eigenvalue weighted by molar-refractivity contribution is 4.95. The van der Waals surface area contributed by atoms with Crippen LogP contribution in [0.25, 0.3) is 0 Å². The lowest BCUT2D eigenvalue weighted by Gasteiger charge is -2.46. The maximum absolute atomic E-state index is 10.5. The average Bonchev–Trinajstić information content (AvgIpc) is 3.06. The van der Waals surface area contributed by atoms with Crippen LogP contribution in [0.15, 0.2) is 0 Å². The van der Waals surface area contributed by atoms with E-state index in [4.69, 9.17) is 23.7 Å². The summed E-state index contributed by atoms with van der Waals surface area (Å²) in [5.41, 5.74) is 0. The van der Waals surface area contributed by atoms with E-state index in [1.54, 1.807) is 0 Å². The van der Waals surface area contributed by atoms with Crippen molar-refractivity contribution in [1.82, 2.24) is 0 Å². The van der Waals surface area contributed by atoms with Gasteiger partial charge in [-0.25, -0.2) is 0 Å². The second-order valence-corrected chi connectivity index (χ2v) is 7.84. The third-order valence-electron chi connectivity index (χ3n) is 5.74. The number of hydrogen-bond donors (Lipinski definition) is 10. The highest BCUT2D eigenvalue weighted by Crippen LogP contribution is 2.32. The van der Waals surface area contributed by atoms with Gasteiger partial charge < -0.3 is 74.7 Å². The van der Waals surface area contributed by atoms with E-state index in [2.05, 4.69) is 0 Å². The smallest absolute Gasteiger partial charge is 0.187 e. The van der Waals surface area contributed by atoms with Gasteiger partial charge in [0.15, 0.2) is 18.9 Å². The Labute approximate surface area is 181 Å². The van der Waals surface area contributed by atoms with E-state index >= 15 is 0 Å². The summed E-state index contributed by atoms with van der Waals surface area (Å²) in [5, 5.41) is 98.6. The zero-order valence-electron chi connectivity index (χ0n) is 16.7. The van der Waals surface area contributed by atoms with Crippen molar-refractivity contribution in [1.29, 1.82) is 0 Å². The molecule has 0 amide bonds. The molecule has 0 aromatic heterocycles. The largest absolute Gasteiger partial charge is 0.394 e. The van der Waals surface area contributed by atoms with Gasteiger partial charge in [0.05, 0.1) is 19.8 Å². The molecule has 15 nitrogen and oxygen atoms in total. The van der Waals surface area contributed by atoms with Crippen molar-refractivity contribution in [2.75, 3.05) is 19.8 Å². The average molecular weight is 474 g/mol. The van der Waals surface area contributed by atoms with Crippen LogP contribution in [0, 0.1) is 0 Å².